The normalized spacial score (nSPS) is 20.8. The molecule has 0 aromatic heterocycles. The summed E-state index contributed by atoms with van der Waals surface area (Å²) in [5.41, 5.74) is 0.575. The molecular weight excluding hydrogens is 367 g/mol. The minimum atomic E-state index is 0.0267. The highest BCUT2D eigenvalue weighted by Crippen LogP contribution is 2.23. The molecule has 0 radical (unpaired) electrons. The average molecular weight is 388 g/mol. The van der Waals surface area contributed by atoms with E-state index in [0.29, 0.717) is 5.56 Å². The second-order valence-electron chi connectivity index (χ2n) is 5.34. The Bertz CT molecular complexity index is 493. The number of halogens is 1. The Morgan fingerprint density at radius 2 is 2.20 bits per heavy atom. The van der Waals surface area contributed by atoms with Gasteiger partial charge in [0.2, 0.25) is 0 Å². The van der Waals surface area contributed by atoms with E-state index in [1.54, 1.807) is 18.2 Å². The number of hydrogen-bond acceptors (Lipinski definition) is 3. The molecule has 0 saturated carbocycles. The second kappa shape index (κ2) is 6.76. The Morgan fingerprint density at radius 1 is 1.45 bits per heavy atom. The highest BCUT2D eigenvalue weighted by molar-refractivity contribution is 14.1. The summed E-state index contributed by atoms with van der Waals surface area (Å²) in [7, 11) is 2.10. The minimum absolute atomic E-state index is 0.0267. The van der Waals surface area contributed by atoms with Crippen molar-refractivity contribution in [3.63, 3.8) is 0 Å². The summed E-state index contributed by atoms with van der Waals surface area (Å²) in [4.78, 5) is 16.9. The van der Waals surface area contributed by atoms with E-state index in [1.165, 1.54) is 0 Å². The Morgan fingerprint density at radius 3 is 2.85 bits per heavy atom. The van der Waals surface area contributed by atoms with Crippen molar-refractivity contribution in [1.29, 1.82) is 0 Å². The van der Waals surface area contributed by atoms with Crippen molar-refractivity contribution < 1.29 is 9.90 Å². The monoisotopic (exact) mass is 388 g/mol. The number of carbonyl (C=O) groups excluding carboxylic acids is 1. The summed E-state index contributed by atoms with van der Waals surface area (Å²) in [5.74, 6) is 0.204. The molecule has 1 fully saturated rings. The third-order valence-corrected chi connectivity index (χ3v) is 4.74. The smallest absolute Gasteiger partial charge is 0.254 e. The Balaban J connectivity index is 2.23. The molecule has 1 saturated heterocycles. The number of benzene rings is 1. The molecule has 1 atom stereocenters. The van der Waals surface area contributed by atoms with Crippen LogP contribution in [0.4, 0.5) is 0 Å². The lowest BCUT2D eigenvalue weighted by atomic mass is 10.1. The maximum Gasteiger partial charge on any atom is 0.254 e. The first-order valence-corrected chi connectivity index (χ1v) is 8.08. The van der Waals surface area contributed by atoms with E-state index < -0.39 is 0 Å². The first-order chi connectivity index (χ1) is 9.52. The number of phenolic OH excluding ortho intramolecular Hbond substituents is 1. The summed E-state index contributed by atoms with van der Waals surface area (Å²) in [5, 5.41) is 9.78. The van der Waals surface area contributed by atoms with Crippen LogP contribution in [-0.4, -0.2) is 53.5 Å². The van der Waals surface area contributed by atoms with Crippen LogP contribution in [0.25, 0.3) is 0 Å². The van der Waals surface area contributed by atoms with Gasteiger partial charge in [0.1, 0.15) is 5.75 Å². The quantitative estimate of drug-likeness (QED) is 0.793. The maximum absolute atomic E-state index is 12.7. The first-order valence-electron chi connectivity index (χ1n) is 7.01. The molecule has 0 aliphatic carbocycles. The topological polar surface area (TPSA) is 43.8 Å². The number of nitrogens with zero attached hydrogens (tertiary/aromatic N) is 2. The third-order valence-electron chi connectivity index (χ3n) is 3.83. The van der Waals surface area contributed by atoms with Crippen molar-refractivity contribution in [2.75, 3.05) is 26.7 Å². The Labute approximate surface area is 133 Å². The lowest BCUT2D eigenvalue weighted by Gasteiger charge is -2.30. The number of likely N-dealkylation sites (N-methyl/N-ethyl adjacent to an activating group) is 1. The summed E-state index contributed by atoms with van der Waals surface area (Å²) >= 11 is 2.06. The minimum Gasteiger partial charge on any atom is -0.507 e. The fraction of sp³-hybridized carbons (Fsp3) is 0.533. The van der Waals surface area contributed by atoms with Gasteiger partial charge in [-0.2, -0.15) is 0 Å². The number of aromatic hydroxyl groups is 1. The third kappa shape index (κ3) is 3.44. The average Bonchev–Trinajstić information content (AvgIpc) is 2.62. The van der Waals surface area contributed by atoms with Crippen LogP contribution in [0.5, 0.6) is 5.75 Å². The lowest BCUT2D eigenvalue weighted by Crippen LogP contribution is -2.43. The molecule has 0 bridgehead atoms. The van der Waals surface area contributed by atoms with Gasteiger partial charge in [0.25, 0.3) is 5.91 Å². The van der Waals surface area contributed by atoms with Gasteiger partial charge in [0, 0.05) is 24.7 Å². The molecular formula is C15H21IN2O2. The lowest BCUT2D eigenvalue weighted by molar-refractivity contribution is 0.0675. The predicted octanol–water partition coefficient (Wildman–Crippen LogP) is 2.55. The fourth-order valence-electron chi connectivity index (χ4n) is 2.67. The summed E-state index contributed by atoms with van der Waals surface area (Å²) in [6.07, 6.45) is 1.95. The van der Waals surface area contributed by atoms with Crippen LogP contribution < -0.4 is 0 Å². The molecule has 20 heavy (non-hydrogen) atoms. The fourth-order valence-corrected chi connectivity index (χ4v) is 3.01. The van der Waals surface area contributed by atoms with Gasteiger partial charge >= 0.3 is 0 Å². The Hall–Kier alpha value is -0.820. The Kier molecular flexibility index (Phi) is 5.26. The van der Waals surface area contributed by atoms with Gasteiger partial charge in [0.05, 0.1) is 3.57 Å². The van der Waals surface area contributed by atoms with Gasteiger partial charge in [-0.15, -0.1) is 0 Å². The van der Waals surface area contributed by atoms with Crippen LogP contribution in [-0.2, 0) is 0 Å². The molecule has 1 aliphatic rings. The number of rotatable bonds is 2. The van der Waals surface area contributed by atoms with Crippen LogP contribution in [0.15, 0.2) is 18.2 Å². The van der Waals surface area contributed by atoms with Crippen molar-refractivity contribution >= 4 is 28.5 Å². The molecule has 1 aliphatic heterocycles. The SMILES string of the molecule is CCC1CN(C)CCCN1C(=O)c1ccc(I)c(O)c1. The molecule has 1 unspecified atom stereocenters. The maximum atomic E-state index is 12.7. The van der Waals surface area contributed by atoms with E-state index in [4.69, 9.17) is 0 Å². The van der Waals surface area contributed by atoms with Crippen molar-refractivity contribution in [3.05, 3.63) is 27.3 Å². The predicted molar refractivity (Wildman–Crippen MR) is 88.1 cm³/mol. The van der Waals surface area contributed by atoms with Gasteiger partial charge in [0.15, 0.2) is 0 Å². The summed E-state index contributed by atoms with van der Waals surface area (Å²) in [6.45, 7) is 4.85. The van der Waals surface area contributed by atoms with Gasteiger partial charge in [-0.05, 0) is 67.2 Å². The molecule has 0 spiro atoms. The van der Waals surface area contributed by atoms with E-state index in [1.807, 2.05) is 4.90 Å². The van der Waals surface area contributed by atoms with E-state index in [9.17, 15) is 9.90 Å². The van der Waals surface area contributed by atoms with Crippen molar-refractivity contribution in [2.24, 2.45) is 0 Å². The van der Waals surface area contributed by atoms with Crippen LogP contribution in [0, 0.1) is 3.57 Å². The standard InChI is InChI=1S/C15H21IN2O2/c1-3-12-10-17(2)7-4-8-18(12)15(20)11-5-6-13(16)14(19)9-11/h5-6,9,12,19H,3-4,7-8,10H2,1-2H3. The zero-order chi connectivity index (χ0) is 14.7. The van der Waals surface area contributed by atoms with Crippen molar-refractivity contribution in [1.82, 2.24) is 9.80 Å². The van der Waals surface area contributed by atoms with E-state index >= 15 is 0 Å². The molecule has 1 N–H and O–H groups in total. The molecule has 2 rings (SSSR count). The highest BCUT2D eigenvalue weighted by atomic mass is 127. The number of hydrogen-bond donors (Lipinski definition) is 1. The molecule has 5 heteroatoms. The van der Waals surface area contributed by atoms with E-state index in [2.05, 4.69) is 41.5 Å². The molecule has 1 amide bonds. The number of carbonyl (C=O) groups is 1. The number of phenols is 1. The molecule has 1 aromatic carbocycles. The second-order valence-corrected chi connectivity index (χ2v) is 6.50. The summed E-state index contributed by atoms with van der Waals surface area (Å²) < 4.78 is 0.766. The van der Waals surface area contributed by atoms with E-state index in [0.717, 1.165) is 36.0 Å². The highest BCUT2D eigenvalue weighted by Gasteiger charge is 2.27. The number of amides is 1. The first kappa shape index (κ1) is 15.6. The van der Waals surface area contributed by atoms with Gasteiger partial charge < -0.3 is 14.9 Å². The van der Waals surface area contributed by atoms with Crippen LogP contribution in [0.3, 0.4) is 0 Å². The van der Waals surface area contributed by atoms with Gasteiger partial charge in [-0.3, -0.25) is 4.79 Å². The van der Waals surface area contributed by atoms with Gasteiger partial charge in [-0.1, -0.05) is 6.92 Å². The summed E-state index contributed by atoms with van der Waals surface area (Å²) in [6, 6.07) is 5.40. The van der Waals surface area contributed by atoms with Crippen LogP contribution in [0.2, 0.25) is 0 Å². The van der Waals surface area contributed by atoms with Crippen molar-refractivity contribution in [2.45, 2.75) is 25.8 Å². The van der Waals surface area contributed by atoms with Crippen LogP contribution in [0.1, 0.15) is 30.1 Å². The molecule has 110 valence electrons. The zero-order valence-corrected chi connectivity index (χ0v) is 14.1. The largest absolute Gasteiger partial charge is 0.507 e. The van der Waals surface area contributed by atoms with Gasteiger partial charge in [-0.25, -0.2) is 0 Å². The van der Waals surface area contributed by atoms with Crippen LogP contribution >= 0.6 is 22.6 Å². The molecule has 4 nitrogen and oxygen atoms in total. The van der Waals surface area contributed by atoms with Crippen molar-refractivity contribution in [3.8, 4) is 5.75 Å². The zero-order valence-electron chi connectivity index (χ0n) is 12.0. The molecule has 1 aromatic rings. The molecule has 1 heterocycles. The van der Waals surface area contributed by atoms with E-state index in [-0.39, 0.29) is 17.7 Å².